The summed E-state index contributed by atoms with van der Waals surface area (Å²) in [5.74, 6) is 1.20. The summed E-state index contributed by atoms with van der Waals surface area (Å²) >= 11 is 0. The zero-order valence-corrected chi connectivity index (χ0v) is 14.2. The molecule has 0 bridgehead atoms. The number of rotatable bonds is 9. The highest BCUT2D eigenvalue weighted by Gasteiger charge is 2.31. The minimum Gasteiger partial charge on any atom is -0.306 e. The summed E-state index contributed by atoms with van der Waals surface area (Å²) in [6.07, 6.45) is 8.76. The van der Waals surface area contributed by atoms with Gasteiger partial charge in [0.2, 0.25) is 0 Å². The predicted octanol–water partition coefficient (Wildman–Crippen LogP) is 5.20. The molecular formula is C20H31N. The Morgan fingerprint density at radius 2 is 1.81 bits per heavy atom. The van der Waals surface area contributed by atoms with E-state index in [1.165, 1.54) is 35.1 Å². The van der Waals surface area contributed by atoms with E-state index < -0.39 is 0 Å². The fourth-order valence-corrected chi connectivity index (χ4v) is 2.49. The Balaban J connectivity index is 2.60. The first-order chi connectivity index (χ1) is 9.86. The molecule has 0 amide bonds. The third-order valence-electron chi connectivity index (χ3n) is 4.27. The van der Waals surface area contributed by atoms with E-state index in [9.17, 15) is 0 Å². The molecular weight excluding hydrogens is 254 g/mol. The van der Waals surface area contributed by atoms with Gasteiger partial charge in [-0.25, -0.2) is 0 Å². The van der Waals surface area contributed by atoms with E-state index in [4.69, 9.17) is 0 Å². The summed E-state index contributed by atoms with van der Waals surface area (Å²) in [5, 5.41) is 3.64. The van der Waals surface area contributed by atoms with Crippen LogP contribution in [0.1, 0.15) is 40.5 Å². The molecule has 0 spiro atoms. The third kappa shape index (κ3) is 5.89. The summed E-state index contributed by atoms with van der Waals surface area (Å²) in [4.78, 5) is 0. The van der Waals surface area contributed by atoms with Crippen LogP contribution < -0.4 is 5.32 Å². The molecule has 0 aliphatic heterocycles. The van der Waals surface area contributed by atoms with Gasteiger partial charge in [0.05, 0.1) is 0 Å². The number of allylic oxidation sites excluding steroid dienone is 4. The van der Waals surface area contributed by atoms with Crippen LogP contribution in [-0.4, -0.2) is 12.6 Å². The maximum atomic E-state index is 4.30. The van der Waals surface area contributed by atoms with Gasteiger partial charge in [-0.15, -0.1) is 0 Å². The van der Waals surface area contributed by atoms with Gasteiger partial charge in [-0.3, -0.25) is 0 Å². The molecule has 1 fully saturated rings. The first kappa shape index (κ1) is 17.7. The van der Waals surface area contributed by atoms with Crippen LogP contribution in [0.4, 0.5) is 0 Å². The zero-order chi connectivity index (χ0) is 16.0. The molecule has 0 saturated heterocycles. The Labute approximate surface area is 131 Å². The lowest BCUT2D eigenvalue weighted by atomic mass is 9.87. The number of hydrogen-bond acceptors (Lipinski definition) is 1. The summed E-state index contributed by atoms with van der Waals surface area (Å²) < 4.78 is 0. The van der Waals surface area contributed by atoms with Gasteiger partial charge in [0.15, 0.2) is 0 Å². The van der Waals surface area contributed by atoms with E-state index in [1.807, 2.05) is 6.08 Å². The van der Waals surface area contributed by atoms with E-state index in [0.717, 1.165) is 12.5 Å². The summed E-state index contributed by atoms with van der Waals surface area (Å²) in [6, 6.07) is 0.311. The minimum absolute atomic E-state index is 0.311. The second-order valence-corrected chi connectivity index (χ2v) is 6.47. The normalized spacial score (nSPS) is 19.0. The second kappa shape index (κ2) is 8.19. The molecule has 1 rings (SSSR count). The molecule has 1 nitrogen and oxygen atoms in total. The highest BCUT2D eigenvalue weighted by molar-refractivity contribution is 5.23. The lowest BCUT2D eigenvalue weighted by molar-refractivity contribution is 0.466. The fourth-order valence-electron chi connectivity index (χ4n) is 2.49. The SMILES string of the molecule is C=C/C(C)=C\C=C(/C)CNC(C(=C)C)C(C)C(=C)C1CC1. The molecule has 0 heterocycles. The lowest BCUT2D eigenvalue weighted by Crippen LogP contribution is -2.37. The van der Waals surface area contributed by atoms with Crippen molar-refractivity contribution < 1.29 is 0 Å². The Bertz CT molecular complexity index is 460. The first-order valence-corrected chi connectivity index (χ1v) is 7.90. The molecule has 1 heteroatoms. The van der Waals surface area contributed by atoms with Crippen LogP contribution in [-0.2, 0) is 0 Å². The van der Waals surface area contributed by atoms with Crippen molar-refractivity contribution in [1.82, 2.24) is 5.32 Å². The first-order valence-electron chi connectivity index (χ1n) is 7.90. The summed E-state index contributed by atoms with van der Waals surface area (Å²) in [6.45, 7) is 21.7. The fraction of sp³-hybridized carbons (Fsp3) is 0.500. The molecule has 0 aromatic rings. The van der Waals surface area contributed by atoms with Crippen molar-refractivity contribution in [2.45, 2.75) is 46.6 Å². The largest absolute Gasteiger partial charge is 0.306 e. The summed E-state index contributed by atoms with van der Waals surface area (Å²) in [7, 11) is 0. The van der Waals surface area contributed by atoms with Gasteiger partial charge in [0.25, 0.3) is 0 Å². The predicted molar refractivity (Wildman–Crippen MR) is 95.3 cm³/mol. The molecule has 0 aromatic carbocycles. The van der Waals surface area contributed by atoms with Gasteiger partial charge in [-0.05, 0) is 45.4 Å². The Morgan fingerprint density at radius 3 is 2.29 bits per heavy atom. The van der Waals surface area contributed by atoms with E-state index in [2.05, 4.69) is 64.9 Å². The van der Waals surface area contributed by atoms with Crippen LogP contribution in [0.5, 0.6) is 0 Å². The maximum Gasteiger partial charge on any atom is 0.0340 e. The molecule has 116 valence electrons. The molecule has 1 saturated carbocycles. The van der Waals surface area contributed by atoms with E-state index in [1.54, 1.807) is 0 Å². The standard InChI is InChI=1S/C20H31N/c1-8-15(4)9-10-16(5)13-21-20(14(2)3)18(7)17(6)19-11-12-19/h8-10,18-21H,1-2,6,11-13H2,3-5,7H3/b15-9-,16-10+. The molecule has 2 unspecified atom stereocenters. The maximum absolute atomic E-state index is 4.30. The van der Waals surface area contributed by atoms with Crippen LogP contribution in [0.15, 0.2) is 60.3 Å². The van der Waals surface area contributed by atoms with Crippen molar-refractivity contribution in [2.75, 3.05) is 6.54 Å². The van der Waals surface area contributed by atoms with Crippen molar-refractivity contribution in [1.29, 1.82) is 0 Å². The molecule has 1 aliphatic carbocycles. The van der Waals surface area contributed by atoms with Crippen LogP contribution in [0.3, 0.4) is 0 Å². The lowest BCUT2D eigenvalue weighted by Gasteiger charge is -2.27. The van der Waals surface area contributed by atoms with Crippen LogP contribution in [0.25, 0.3) is 0 Å². The third-order valence-corrected chi connectivity index (χ3v) is 4.27. The molecule has 21 heavy (non-hydrogen) atoms. The zero-order valence-electron chi connectivity index (χ0n) is 14.2. The Morgan fingerprint density at radius 1 is 1.19 bits per heavy atom. The van der Waals surface area contributed by atoms with Crippen molar-refractivity contribution in [3.8, 4) is 0 Å². The van der Waals surface area contributed by atoms with Gasteiger partial charge in [0.1, 0.15) is 0 Å². The van der Waals surface area contributed by atoms with Crippen LogP contribution in [0.2, 0.25) is 0 Å². The monoisotopic (exact) mass is 285 g/mol. The van der Waals surface area contributed by atoms with Crippen LogP contribution in [0, 0.1) is 11.8 Å². The highest BCUT2D eigenvalue weighted by atomic mass is 14.9. The number of nitrogens with one attached hydrogen (secondary N) is 1. The molecule has 1 N–H and O–H groups in total. The molecule has 0 aromatic heterocycles. The van der Waals surface area contributed by atoms with Crippen molar-refractivity contribution >= 4 is 0 Å². The quantitative estimate of drug-likeness (QED) is 0.453. The van der Waals surface area contributed by atoms with Gasteiger partial charge >= 0.3 is 0 Å². The molecule has 0 radical (unpaired) electrons. The topological polar surface area (TPSA) is 12.0 Å². The average molecular weight is 285 g/mol. The van der Waals surface area contributed by atoms with E-state index in [-0.39, 0.29) is 0 Å². The van der Waals surface area contributed by atoms with E-state index >= 15 is 0 Å². The van der Waals surface area contributed by atoms with Crippen molar-refractivity contribution in [2.24, 2.45) is 11.8 Å². The molecule has 2 atom stereocenters. The summed E-state index contributed by atoms with van der Waals surface area (Å²) in [5.41, 5.74) is 5.07. The van der Waals surface area contributed by atoms with Gasteiger partial charge in [0, 0.05) is 12.6 Å². The van der Waals surface area contributed by atoms with Crippen LogP contribution >= 0.6 is 0 Å². The molecule has 1 aliphatic rings. The average Bonchev–Trinajstić information content (AvgIpc) is 3.27. The second-order valence-electron chi connectivity index (χ2n) is 6.47. The Hall–Kier alpha value is -1.34. The van der Waals surface area contributed by atoms with Crippen molar-refractivity contribution in [3.63, 3.8) is 0 Å². The van der Waals surface area contributed by atoms with Crippen molar-refractivity contribution in [3.05, 3.63) is 60.3 Å². The number of hydrogen-bond donors (Lipinski definition) is 1. The minimum atomic E-state index is 0.311. The van der Waals surface area contributed by atoms with Gasteiger partial charge in [-0.2, -0.15) is 0 Å². The Kier molecular flexibility index (Phi) is 6.91. The van der Waals surface area contributed by atoms with Gasteiger partial charge in [-0.1, -0.05) is 67.2 Å². The van der Waals surface area contributed by atoms with Gasteiger partial charge < -0.3 is 5.32 Å². The highest BCUT2D eigenvalue weighted by Crippen LogP contribution is 2.40. The van der Waals surface area contributed by atoms with E-state index in [0.29, 0.717) is 12.0 Å². The smallest absolute Gasteiger partial charge is 0.0340 e.